The number of hydrogen-bond acceptors (Lipinski definition) is 3. The Morgan fingerprint density at radius 2 is 1.63 bits per heavy atom. The van der Waals surface area contributed by atoms with E-state index in [9.17, 15) is 22.4 Å². The molecule has 0 aliphatic rings. The van der Waals surface area contributed by atoms with Crippen LogP contribution in [0.25, 0.3) is 0 Å². The third kappa shape index (κ3) is 4.41. The Labute approximate surface area is 151 Å². The van der Waals surface area contributed by atoms with Crippen LogP contribution in [-0.2, 0) is 6.54 Å². The highest BCUT2D eigenvalue weighted by Crippen LogP contribution is 2.23. The number of ether oxygens (including phenoxy) is 1. The van der Waals surface area contributed by atoms with Gasteiger partial charge >= 0.3 is 0 Å². The van der Waals surface area contributed by atoms with E-state index in [-0.39, 0.29) is 17.2 Å². The largest absolute Gasteiger partial charge is 0.438 e. The minimum absolute atomic E-state index is 0.00440. The van der Waals surface area contributed by atoms with Crippen molar-refractivity contribution >= 4 is 5.91 Å². The van der Waals surface area contributed by atoms with Crippen molar-refractivity contribution in [2.24, 2.45) is 0 Å². The predicted molar refractivity (Wildman–Crippen MR) is 88.2 cm³/mol. The highest BCUT2D eigenvalue weighted by molar-refractivity contribution is 5.96. The Hall–Kier alpha value is -3.42. The minimum Gasteiger partial charge on any atom is -0.438 e. The van der Waals surface area contributed by atoms with Gasteiger partial charge in [0.25, 0.3) is 5.91 Å². The van der Waals surface area contributed by atoms with Gasteiger partial charge in [-0.2, -0.15) is 0 Å². The first-order valence-electron chi connectivity index (χ1n) is 7.74. The van der Waals surface area contributed by atoms with Crippen LogP contribution in [0.15, 0.2) is 54.7 Å². The molecule has 0 fully saturated rings. The summed E-state index contributed by atoms with van der Waals surface area (Å²) in [6, 6.07) is 9.00. The number of benzene rings is 2. The molecule has 3 rings (SSSR count). The van der Waals surface area contributed by atoms with Crippen LogP contribution in [0, 0.1) is 23.3 Å². The van der Waals surface area contributed by atoms with Crippen molar-refractivity contribution < 1.29 is 27.1 Å². The molecule has 0 saturated carbocycles. The molecule has 2 aromatic carbocycles. The molecule has 0 aliphatic heterocycles. The van der Waals surface area contributed by atoms with E-state index in [1.807, 2.05) is 0 Å². The van der Waals surface area contributed by atoms with Gasteiger partial charge in [-0.1, -0.05) is 0 Å². The van der Waals surface area contributed by atoms with Gasteiger partial charge in [0.05, 0.1) is 0 Å². The molecule has 3 aromatic rings. The summed E-state index contributed by atoms with van der Waals surface area (Å²) >= 11 is 0. The highest BCUT2D eigenvalue weighted by Gasteiger charge is 2.17. The maximum Gasteiger partial charge on any atom is 0.257 e. The van der Waals surface area contributed by atoms with Crippen molar-refractivity contribution in [1.82, 2.24) is 10.3 Å². The summed E-state index contributed by atoms with van der Waals surface area (Å²) in [7, 11) is 0. The SMILES string of the molecule is O=C(NCc1c(F)cc(F)cc1F)c1cccnc1Oc1ccc(F)cc1. The number of nitrogens with zero attached hydrogens (tertiary/aromatic N) is 1. The van der Waals surface area contributed by atoms with Gasteiger partial charge in [0.1, 0.15) is 34.6 Å². The third-order valence-corrected chi connectivity index (χ3v) is 3.58. The molecule has 0 spiro atoms. The number of amides is 1. The number of hydrogen-bond donors (Lipinski definition) is 1. The fourth-order valence-electron chi connectivity index (χ4n) is 2.26. The van der Waals surface area contributed by atoms with E-state index >= 15 is 0 Å². The topological polar surface area (TPSA) is 51.2 Å². The van der Waals surface area contributed by atoms with E-state index in [4.69, 9.17) is 4.74 Å². The van der Waals surface area contributed by atoms with Crippen LogP contribution in [0.4, 0.5) is 17.6 Å². The molecular formula is C19H12F4N2O2. The zero-order valence-electron chi connectivity index (χ0n) is 13.7. The molecule has 1 N–H and O–H groups in total. The number of pyridine rings is 1. The van der Waals surface area contributed by atoms with E-state index in [0.29, 0.717) is 12.1 Å². The molecule has 138 valence electrons. The molecule has 0 bridgehead atoms. The second-order valence-electron chi connectivity index (χ2n) is 5.44. The second kappa shape index (κ2) is 7.86. The Morgan fingerprint density at radius 1 is 0.963 bits per heavy atom. The van der Waals surface area contributed by atoms with Gasteiger partial charge in [-0.05, 0) is 36.4 Å². The lowest BCUT2D eigenvalue weighted by Gasteiger charge is -2.11. The third-order valence-electron chi connectivity index (χ3n) is 3.58. The van der Waals surface area contributed by atoms with Gasteiger partial charge in [0.2, 0.25) is 5.88 Å². The molecule has 4 nitrogen and oxygen atoms in total. The lowest BCUT2D eigenvalue weighted by atomic mass is 10.1. The van der Waals surface area contributed by atoms with Gasteiger partial charge < -0.3 is 10.1 Å². The highest BCUT2D eigenvalue weighted by atomic mass is 19.1. The summed E-state index contributed by atoms with van der Waals surface area (Å²) in [4.78, 5) is 16.3. The number of aromatic nitrogens is 1. The normalized spacial score (nSPS) is 10.5. The van der Waals surface area contributed by atoms with E-state index in [0.717, 1.165) is 0 Å². The van der Waals surface area contributed by atoms with Gasteiger partial charge in [-0.3, -0.25) is 4.79 Å². The number of nitrogens with one attached hydrogen (secondary N) is 1. The summed E-state index contributed by atoms with van der Waals surface area (Å²) in [6.07, 6.45) is 1.38. The molecule has 1 amide bonds. The molecule has 0 aliphatic carbocycles. The first-order valence-corrected chi connectivity index (χ1v) is 7.74. The van der Waals surface area contributed by atoms with Crippen LogP contribution >= 0.6 is 0 Å². The fraction of sp³-hybridized carbons (Fsp3) is 0.0526. The molecule has 27 heavy (non-hydrogen) atoms. The zero-order chi connectivity index (χ0) is 19.4. The van der Waals surface area contributed by atoms with Crippen LogP contribution in [0.1, 0.15) is 15.9 Å². The standard InChI is InChI=1S/C19H12F4N2O2/c20-11-3-5-13(6-4-11)27-19-14(2-1-7-24-19)18(26)25-10-15-16(22)8-12(21)9-17(15)23/h1-9H,10H2,(H,25,26). The zero-order valence-corrected chi connectivity index (χ0v) is 13.7. The number of carbonyl (C=O) groups excluding carboxylic acids is 1. The van der Waals surface area contributed by atoms with Crippen molar-refractivity contribution in [3.05, 3.63) is 89.1 Å². The molecule has 0 radical (unpaired) electrons. The van der Waals surface area contributed by atoms with Crippen molar-refractivity contribution in [3.63, 3.8) is 0 Å². The maximum atomic E-state index is 13.7. The lowest BCUT2D eigenvalue weighted by Crippen LogP contribution is -2.24. The van der Waals surface area contributed by atoms with Gasteiger partial charge in [0.15, 0.2) is 0 Å². The smallest absolute Gasteiger partial charge is 0.257 e. The summed E-state index contributed by atoms with van der Waals surface area (Å²) in [5.41, 5.74) is -0.473. The van der Waals surface area contributed by atoms with E-state index in [2.05, 4.69) is 10.3 Å². The monoisotopic (exact) mass is 376 g/mol. The van der Waals surface area contributed by atoms with E-state index in [1.165, 1.54) is 42.6 Å². The average Bonchev–Trinajstić information content (AvgIpc) is 2.63. The molecule has 0 atom stereocenters. The molecule has 8 heteroatoms. The van der Waals surface area contributed by atoms with Crippen molar-refractivity contribution in [2.45, 2.75) is 6.54 Å². The molecule has 0 unspecified atom stereocenters. The second-order valence-corrected chi connectivity index (χ2v) is 5.44. The van der Waals surface area contributed by atoms with Gasteiger partial charge in [-0.15, -0.1) is 0 Å². The lowest BCUT2D eigenvalue weighted by molar-refractivity contribution is 0.0947. The summed E-state index contributed by atoms with van der Waals surface area (Å²) in [6.45, 7) is -0.498. The van der Waals surface area contributed by atoms with Crippen molar-refractivity contribution in [2.75, 3.05) is 0 Å². The summed E-state index contributed by atoms with van der Waals surface area (Å²) in [5, 5.41) is 2.33. The maximum absolute atomic E-state index is 13.7. The predicted octanol–water partition coefficient (Wildman–Crippen LogP) is 4.36. The van der Waals surface area contributed by atoms with Crippen LogP contribution in [0.5, 0.6) is 11.6 Å². The first kappa shape index (κ1) is 18.4. The molecule has 1 aromatic heterocycles. The Balaban J connectivity index is 1.76. The quantitative estimate of drug-likeness (QED) is 0.673. The number of rotatable bonds is 5. The first-order chi connectivity index (χ1) is 12.9. The molecule has 0 saturated heterocycles. The number of halogens is 4. The average molecular weight is 376 g/mol. The molecule has 1 heterocycles. The van der Waals surface area contributed by atoms with Crippen LogP contribution < -0.4 is 10.1 Å². The molecular weight excluding hydrogens is 364 g/mol. The van der Waals surface area contributed by atoms with Crippen molar-refractivity contribution in [1.29, 1.82) is 0 Å². The summed E-state index contributed by atoms with van der Waals surface area (Å²) < 4.78 is 58.7. The van der Waals surface area contributed by atoms with Crippen LogP contribution in [-0.4, -0.2) is 10.9 Å². The van der Waals surface area contributed by atoms with Gasteiger partial charge in [-0.25, -0.2) is 22.5 Å². The van der Waals surface area contributed by atoms with Crippen molar-refractivity contribution in [3.8, 4) is 11.6 Å². The Kier molecular flexibility index (Phi) is 5.35. The Morgan fingerprint density at radius 3 is 2.30 bits per heavy atom. The van der Waals surface area contributed by atoms with E-state index in [1.54, 1.807) is 0 Å². The summed E-state index contributed by atoms with van der Waals surface area (Å²) in [5.74, 6) is -4.25. The minimum atomic E-state index is -1.11. The number of carbonyl (C=O) groups is 1. The van der Waals surface area contributed by atoms with Gasteiger partial charge in [0, 0.05) is 30.4 Å². The van der Waals surface area contributed by atoms with Crippen LogP contribution in [0.3, 0.4) is 0 Å². The van der Waals surface area contributed by atoms with Crippen LogP contribution in [0.2, 0.25) is 0 Å². The fourth-order valence-corrected chi connectivity index (χ4v) is 2.26. The van der Waals surface area contributed by atoms with E-state index < -0.39 is 41.3 Å². The Bertz CT molecular complexity index is 955.